The number of hydrogen-bond donors (Lipinski definition) is 4. The summed E-state index contributed by atoms with van der Waals surface area (Å²) in [5.41, 5.74) is 2.67. The molecule has 4 N–H and O–H groups in total. The number of fused-ring (bicyclic) bond motifs is 4. The lowest BCUT2D eigenvalue weighted by Gasteiger charge is -2.47. The maximum absolute atomic E-state index is 16.3. The number of imide groups is 1. The van der Waals surface area contributed by atoms with Gasteiger partial charge in [-0.25, -0.2) is 4.39 Å². The van der Waals surface area contributed by atoms with Crippen LogP contribution in [-0.2, 0) is 37.7 Å². The first-order valence-corrected chi connectivity index (χ1v) is 23.7. The van der Waals surface area contributed by atoms with Gasteiger partial charge in [0.2, 0.25) is 23.6 Å². The number of Topliss-reactive ketones (excluding diaryl/α,β-unsaturated/α-hetero) is 1. The smallest absolute Gasteiger partial charge is 0.255 e. The average molecular weight is 955 g/mol. The van der Waals surface area contributed by atoms with Gasteiger partial charge < -0.3 is 15.5 Å². The number of anilines is 2. The summed E-state index contributed by atoms with van der Waals surface area (Å²) in [6.07, 6.45) is 9.33. The minimum absolute atomic E-state index is 0.0545. The molecule has 1 unspecified atom stereocenters. The van der Waals surface area contributed by atoms with Gasteiger partial charge in [0, 0.05) is 76.7 Å². The van der Waals surface area contributed by atoms with Crippen LogP contribution in [0.4, 0.5) is 15.8 Å². The molecule has 5 aliphatic rings. The molecule has 5 aromatic rings. The Morgan fingerprint density at radius 2 is 1.71 bits per heavy atom. The number of piperidine rings is 1. The number of carbonyl (C=O) groups is 6. The molecule has 4 aliphatic heterocycles. The van der Waals surface area contributed by atoms with E-state index in [0.29, 0.717) is 82.9 Å². The van der Waals surface area contributed by atoms with Crippen molar-refractivity contribution in [2.24, 2.45) is 0 Å². The lowest BCUT2D eigenvalue weighted by molar-refractivity contribution is -0.137. The predicted molar refractivity (Wildman–Crippen MR) is 253 cm³/mol. The first-order chi connectivity index (χ1) is 32.9. The van der Waals surface area contributed by atoms with Crippen molar-refractivity contribution in [1.29, 1.82) is 0 Å². The summed E-state index contributed by atoms with van der Waals surface area (Å²) in [4.78, 5) is 81.4. The number of hydrogen-bond acceptors (Lipinski definition) is 8. The van der Waals surface area contributed by atoms with Crippen molar-refractivity contribution < 1.29 is 33.2 Å². The highest BCUT2D eigenvalue weighted by molar-refractivity contribution is 6.31. The van der Waals surface area contributed by atoms with Crippen molar-refractivity contribution in [3.63, 3.8) is 0 Å². The van der Waals surface area contributed by atoms with Gasteiger partial charge >= 0.3 is 0 Å². The Bertz CT molecular complexity index is 2990. The zero-order valence-electron chi connectivity index (χ0n) is 36.8. The van der Waals surface area contributed by atoms with Crippen molar-refractivity contribution in [3.8, 4) is 11.8 Å². The molecule has 4 atom stereocenters. The quantitative estimate of drug-likeness (QED) is 0.0475. The number of nitrogens with one attached hydrogen (secondary N) is 4. The average Bonchev–Trinajstić information content (AvgIpc) is 4.08. The standard InChI is InChI=1S/C52H46Cl2FN7O6/c53-33-17-20-38-40(26-33)58-50(68)52(38)44(36-10-7-11-39(54)45(36)55)46(60-51(52)23-3-1-4-24-51)48(66)57-34-18-15-32(16-19-34)42(63)12-2-5-25-61-28-30(27-56-61)13-14-31-8-6-9-35-37(31)29-62(49(35)67)41-21-22-43(64)59-47(41)65/h6-11,15-20,26-28,41,44,46,60H,1-5,12,21-25,29H2,(H,57,66)(H,58,68)(H,59,64,65)/t41?,44-,46+,52+/m0/s1. The molecule has 346 valence electrons. The number of unbranched alkanes of at least 4 members (excludes halogenated alkanes) is 1. The number of aryl methyl sites for hydroxylation is 1. The number of aromatic nitrogens is 2. The van der Waals surface area contributed by atoms with E-state index in [1.807, 2.05) is 18.3 Å². The Morgan fingerprint density at radius 3 is 2.50 bits per heavy atom. The first kappa shape index (κ1) is 45.1. The summed E-state index contributed by atoms with van der Waals surface area (Å²) in [6, 6.07) is 20.2. The van der Waals surface area contributed by atoms with Gasteiger partial charge in [-0.1, -0.05) is 78.6 Å². The third-order valence-corrected chi connectivity index (χ3v) is 14.9. The second-order valence-electron chi connectivity index (χ2n) is 18.3. The normalized spacial score (nSPS) is 22.4. The van der Waals surface area contributed by atoms with Crippen LogP contribution in [0.5, 0.6) is 0 Å². The van der Waals surface area contributed by atoms with Gasteiger partial charge in [-0.3, -0.25) is 44.1 Å². The van der Waals surface area contributed by atoms with E-state index in [-0.39, 0.29) is 53.5 Å². The Morgan fingerprint density at radius 1 is 0.912 bits per heavy atom. The molecule has 0 bridgehead atoms. The Kier molecular flexibility index (Phi) is 12.0. The van der Waals surface area contributed by atoms with Gasteiger partial charge in [0.1, 0.15) is 17.3 Å². The van der Waals surface area contributed by atoms with Crippen LogP contribution in [0.1, 0.15) is 119 Å². The van der Waals surface area contributed by atoms with E-state index < -0.39 is 46.6 Å². The molecule has 3 fully saturated rings. The zero-order valence-corrected chi connectivity index (χ0v) is 38.3. The number of halogens is 3. The van der Waals surface area contributed by atoms with Crippen molar-refractivity contribution in [3.05, 3.63) is 146 Å². The molecule has 68 heavy (non-hydrogen) atoms. The molecule has 4 aromatic carbocycles. The van der Waals surface area contributed by atoms with E-state index in [1.54, 1.807) is 71.5 Å². The van der Waals surface area contributed by atoms with Crippen LogP contribution in [0.15, 0.2) is 91.3 Å². The lowest BCUT2D eigenvalue weighted by Crippen LogP contribution is -2.60. The predicted octanol–water partition coefficient (Wildman–Crippen LogP) is 7.83. The van der Waals surface area contributed by atoms with Crippen molar-refractivity contribution in [1.82, 2.24) is 25.3 Å². The number of rotatable bonds is 10. The highest BCUT2D eigenvalue weighted by Crippen LogP contribution is 2.63. The summed E-state index contributed by atoms with van der Waals surface area (Å²) in [6.45, 7) is 0.794. The number of nitrogens with zero attached hydrogens (tertiary/aromatic N) is 3. The molecule has 13 nitrogen and oxygen atoms in total. The topological polar surface area (TPSA) is 172 Å². The van der Waals surface area contributed by atoms with E-state index in [4.69, 9.17) is 23.2 Å². The summed E-state index contributed by atoms with van der Waals surface area (Å²) < 4.78 is 18.0. The fourth-order valence-electron chi connectivity index (χ4n) is 11.3. The summed E-state index contributed by atoms with van der Waals surface area (Å²) in [5.74, 6) is 2.76. The van der Waals surface area contributed by atoms with Crippen LogP contribution >= 0.6 is 23.2 Å². The van der Waals surface area contributed by atoms with Crippen LogP contribution in [-0.4, -0.2) is 67.6 Å². The third kappa shape index (κ3) is 7.86. The first-order valence-electron chi connectivity index (χ1n) is 22.9. The Balaban J connectivity index is 0.777. The van der Waals surface area contributed by atoms with Gasteiger partial charge in [-0.15, -0.1) is 0 Å². The van der Waals surface area contributed by atoms with E-state index in [1.165, 1.54) is 11.0 Å². The molecule has 2 spiro atoms. The summed E-state index contributed by atoms with van der Waals surface area (Å²) in [7, 11) is 0. The van der Waals surface area contributed by atoms with Gasteiger partial charge in [0.25, 0.3) is 5.91 Å². The molecule has 16 heteroatoms. The molecular weight excluding hydrogens is 909 g/mol. The van der Waals surface area contributed by atoms with Gasteiger partial charge in [0.15, 0.2) is 5.78 Å². The molecule has 1 aromatic heterocycles. The van der Waals surface area contributed by atoms with Crippen molar-refractivity contribution in [2.45, 2.75) is 106 Å². The molecule has 5 heterocycles. The molecule has 0 radical (unpaired) electrons. The maximum atomic E-state index is 16.3. The molecule has 2 saturated heterocycles. The molecule has 5 amide bonds. The van der Waals surface area contributed by atoms with Gasteiger partial charge in [-0.2, -0.15) is 5.10 Å². The summed E-state index contributed by atoms with van der Waals surface area (Å²) in [5, 5.41) is 16.8. The van der Waals surface area contributed by atoms with Crippen LogP contribution < -0.4 is 21.3 Å². The molecule has 1 aliphatic carbocycles. The van der Waals surface area contributed by atoms with Crippen molar-refractivity contribution >= 4 is 69.9 Å². The molecule has 1 saturated carbocycles. The SMILES string of the molecule is O=C1CCC(N2Cc3c(C#Cc4cnn(CCCCC(=O)c5ccc(NC(=O)[C@@H]6NC7(CCCCC7)[C@@]7(C(=O)Nc8cc(Cl)ccc87)[C@H]6c6cccc(Cl)c6F)cc5)c4)cccc3C2=O)C(=O)N1. The van der Waals surface area contributed by atoms with E-state index in [0.717, 1.165) is 24.8 Å². The zero-order chi connectivity index (χ0) is 47.3. The second kappa shape index (κ2) is 18.1. The van der Waals surface area contributed by atoms with E-state index >= 15 is 4.39 Å². The number of ketones is 1. The van der Waals surface area contributed by atoms with Gasteiger partial charge in [-0.05, 0) is 103 Å². The third-order valence-electron chi connectivity index (χ3n) is 14.4. The monoisotopic (exact) mass is 953 g/mol. The summed E-state index contributed by atoms with van der Waals surface area (Å²) >= 11 is 12.8. The lowest BCUT2D eigenvalue weighted by atomic mass is 9.55. The van der Waals surface area contributed by atoms with Crippen LogP contribution in [0.25, 0.3) is 0 Å². The highest BCUT2D eigenvalue weighted by atomic mass is 35.5. The van der Waals surface area contributed by atoms with Crippen LogP contribution in [0.3, 0.4) is 0 Å². The highest BCUT2D eigenvalue weighted by Gasteiger charge is 2.72. The largest absolute Gasteiger partial charge is 0.325 e. The maximum Gasteiger partial charge on any atom is 0.255 e. The fourth-order valence-corrected chi connectivity index (χ4v) is 11.6. The number of carbonyl (C=O) groups excluding carboxylic acids is 6. The fraction of sp³-hybridized carbons (Fsp3) is 0.327. The number of amides is 5. The van der Waals surface area contributed by atoms with E-state index in [2.05, 4.69) is 38.2 Å². The minimum Gasteiger partial charge on any atom is -0.325 e. The second-order valence-corrected chi connectivity index (χ2v) is 19.1. The van der Waals surface area contributed by atoms with Crippen LogP contribution in [0, 0.1) is 17.7 Å². The Labute approximate surface area is 401 Å². The van der Waals surface area contributed by atoms with E-state index in [9.17, 15) is 28.8 Å². The molecular formula is C52H46Cl2FN7O6. The minimum atomic E-state index is -1.36. The van der Waals surface area contributed by atoms with Crippen molar-refractivity contribution in [2.75, 3.05) is 10.6 Å². The van der Waals surface area contributed by atoms with Crippen LogP contribution in [0.2, 0.25) is 10.0 Å². The molecule has 10 rings (SSSR count). The Hall–Kier alpha value is -6.66. The van der Waals surface area contributed by atoms with Gasteiger partial charge in [0.05, 0.1) is 22.8 Å². The number of benzene rings is 4.